The molecule has 0 fully saturated rings. The summed E-state index contributed by atoms with van der Waals surface area (Å²) in [6.07, 6.45) is 3.10. The zero-order valence-corrected chi connectivity index (χ0v) is 15.8. The van der Waals surface area contributed by atoms with E-state index in [4.69, 9.17) is 4.42 Å². The molecule has 140 valence electrons. The number of nitrogens with one attached hydrogen (secondary N) is 1. The lowest BCUT2D eigenvalue weighted by Gasteiger charge is -2.10. The van der Waals surface area contributed by atoms with Gasteiger partial charge in [-0.25, -0.2) is 4.98 Å². The number of amides is 1. The molecule has 0 aliphatic heterocycles. The summed E-state index contributed by atoms with van der Waals surface area (Å²) in [5.41, 5.74) is 5.49. The standard InChI is InChI=1S/C22H19N3O3/c1-12-7-14(3)20-18(8-12)25-22(28-20)17-10-16(9-13(2)19(17)26)24-21(27)15-5-4-6-23-11-15/h4-11,26H,1-3H3,(H,24,27). The summed E-state index contributed by atoms with van der Waals surface area (Å²) < 4.78 is 5.93. The second-order valence-corrected chi connectivity index (χ2v) is 6.83. The van der Waals surface area contributed by atoms with Gasteiger partial charge in [-0.2, -0.15) is 0 Å². The maximum absolute atomic E-state index is 12.4. The van der Waals surface area contributed by atoms with Crippen LogP contribution in [-0.2, 0) is 0 Å². The van der Waals surface area contributed by atoms with Gasteiger partial charge >= 0.3 is 0 Å². The first-order valence-corrected chi connectivity index (χ1v) is 8.85. The fourth-order valence-electron chi connectivity index (χ4n) is 3.21. The lowest BCUT2D eigenvalue weighted by atomic mass is 10.1. The van der Waals surface area contributed by atoms with E-state index in [2.05, 4.69) is 15.3 Å². The molecule has 2 heterocycles. The third-order valence-corrected chi connectivity index (χ3v) is 4.53. The van der Waals surface area contributed by atoms with Gasteiger partial charge in [-0.3, -0.25) is 9.78 Å². The van der Waals surface area contributed by atoms with E-state index in [-0.39, 0.29) is 11.7 Å². The van der Waals surface area contributed by atoms with Gasteiger partial charge in [0, 0.05) is 18.1 Å². The highest BCUT2D eigenvalue weighted by Gasteiger charge is 2.17. The van der Waals surface area contributed by atoms with Crippen molar-refractivity contribution >= 4 is 22.7 Å². The largest absolute Gasteiger partial charge is 0.507 e. The van der Waals surface area contributed by atoms with E-state index in [0.29, 0.717) is 33.9 Å². The molecule has 2 aromatic heterocycles. The Balaban J connectivity index is 1.76. The van der Waals surface area contributed by atoms with Crippen molar-refractivity contribution in [2.75, 3.05) is 5.32 Å². The van der Waals surface area contributed by atoms with Crippen molar-refractivity contribution in [2.45, 2.75) is 20.8 Å². The minimum Gasteiger partial charge on any atom is -0.507 e. The predicted octanol–water partition coefficient (Wildman–Crippen LogP) is 4.77. The monoisotopic (exact) mass is 373 g/mol. The van der Waals surface area contributed by atoms with E-state index in [1.54, 1.807) is 37.4 Å². The van der Waals surface area contributed by atoms with Crippen LogP contribution in [-0.4, -0.2) is 21.0 Å². The number of hydrogen-bond donors (Lipinski definition) is 2. The van der Waals surface area contributed by atoms with Crippen LogP contribution in [0, 0.1) is 20.8 Å². The van der Waals surface area contributed by atoms with Gasteiger partial charge in [-0.15, -0.1) is 0 Å². The van der Waals surface area contributed by atoms with Crippen LogP contribution in [0.3, 0.4) is 0 Å². The molecule has 2 aromatic carbocycles. The molecule has 0 saturated heterocycles. The molecule has 0 spiro atoms. The van der Waals surface area contributed by atoms with Crippen molar-refractivity contribution in [3.8, 4) is 17.2 Å². The first kappa shape index (κ1) is 17.7. The van der Waals surface area contributed by atoms with Crippen LogP contribution in [0.1, 0.15) is 27.0 Å². The smallest absolute Gasteiger partial charge is 0.257 e. The van der Waals surface area contributed by atoms with Gasteiger partial charge in [0.25, 0.3) is 5.91 Å². The Bertz CT molecular complexity index is 1200. The Morgan fingerprint density at radius 3 is 2.68 bits per heavy atom. The fraction of sp³-hybridized carbons (Fsp3) is 0.136. The minimum atomic E-state index is -0.284. The maximum Gasteiger partial charge on any atom is 0.257 e. The molecular formula is C22H19N3O3. The number of carbonyl (C=O) groups is 1. The summed E-state index contributed by atoms with van der Waals surface area (Å²) in [4.78, 5) is 20.9. The maximum atomic E-state index is 12.4. The highest BCUT2D eigenvalue weighted by Crippen LogP contribution is 2.36. The quantitative estimate of drug-likeness (QED) is 0.505. The van der Waals surface area contributed by atoms with Crippen molar-refractivity contribution in [1.82, 2.24) is 9.97 Å². The molecule has 2 N–H and O–H groups in total. The molecule has 0 aliphatic rings. The zero-order valence-electron chi connectivity index (χ0n) is 15.8. The number of fused-ring (bicyclic) bond motifs is 1. The minimum absolute atomic E-state index is 0.0697. The van der Waals surface area contributed by atoms with E-state index in [1.807, 2.05) is 26.0 Å². The number of phenolic OH excluding ortho intramolecular Hbond substituents is 1. The number of pyridine rings is 1. The number of aromatic hydroxyl groups is 1. The molecule has 4 rings (SSSR count). The normalized spacial score (nSPS) is 11.0. The molecule has 1 amide bonds. The molecule has 6 nitrogen and oxygen atoms in total. The first-order valence-electron chi connectivity index (χ1n) is 8.85. The van der Waals surface area contributed by atoms with Gasteiger partial charge in [0.15, 0.2) is 5.58 Å². The second kappa shape index (κ2) is 6.81. The number of aromatic nitrogens is 2. The highest BCUT2D eigenvalue weighted by molar-refractivity contribution is 6.04. The summed E-state index contributed by atoms with van der Waals surface area (Å²) in [6, 6.07) is 10.7. The van der Waals surface area contributed by atoms with E-state index in [1.165, 1.54) is 6.20 Å². The molecule has 0 radical (unpaired) electrons. The summed E-state index contributed by atoms with van der Waals surface area (Å²) in [5, 5.41) is 13.4. The molecule has 0 unspecified atom stereocenters. The Hall–Kier alpha value is -3.67. The lowest BCUT2D eigenvalue weighted by molar-refractivity contribution is 0.102. The van der Waals surface area contributed by atoms with Crippen LogP contribution < -0.4 is 5.32 Å². The SMILES string of the molecule is Cc1cc(C)c2oc(-c3cc(NC(=O)c4cccnc4)cc(C)c3O)nc2c1. The highest BCUT2D eigenvalue weighted by atomic mass is 16.3. The van der Waals surface area contributed by atoms with Crippen LogP contribution in [0.4, 0.5) is 5.69 Å². The molecule has 0 bridgehead atoms. The Morgan fingerprint density at radius 2 is 1.93 bits per heavy atom. The number of phenols is 1. The van der Waals surface area contributed by atoms with E-state index in [0.717, 1.165) is 16.6 Å². The lowest BCUT2D eigenvalue weighted by Crippen LogP contribution is -2.12. The third-order valence-electron chi connectivity index (χ3n) is 4.53. The molecule has 28 heavy (non-hydrogen) atoms. The van der Waals surface area contributed by atoms with Gasteiger partial charge in [-0.1, -0.05) is 6.07 Å². The summed E-state index contributed by atoms with van der Waals surface area (Å²) >= 11 is 0. The van der Waals surface area contributed by atoms with Gasteiger partial charge in [0.05, 0.1) is 11.1 Å². The van der Waals surface area contributed by atoms with Gasteiger partial charge in [-0.05, 0) is 67.8 Å². The summed E-state index contributed by atoms with van der Waals surface area (Å²) in [6.45, 7) is 5.72. The van der Waals surface area contributed by atoms with Crippen molar-refractivity contribution < 1.29 is 14.3 Å². The Kier molecular flexibility index (Phi) is 4.31. The topological polar surface area (TPSA) is 88.2 Å². The van der Waals surface area contributed by atoms with Crippen LogP contribution in [0.25, 0.3) is 22.6 Å². The molecule has 0 atom stereocenters. The number of carbonyl (C=O) groups excluding carboxylic acids is 1. The van der Waals surface area contributed by atoms with E-state index >= 15 is 0 Å². The Morgan fingerprint density at radius 1 is 1.11 bits per heavy atom. The van der Waals surface area contributed by atoms with Crippen LogP contribution in [0.2, 0.25) is 0 Å². The van der Waals surface area contributed by atoms with Gasteiger partial charge in [0.2, 0.25) is 5.89 Å². The summed E-state index contributed by atoms with van der Waals surface area (Å²) in [7, 11) is 0. The Labute approximate surface area is 161 Å². The van der Waals surface area contributed by atoms with Crippen molar-refractivity contribution in [2.24, 2.45) is 0 Å². The fourth-order valence-corrected chi connectivity index (χ4v) is 3.21. The van der Waals surface area contributed by atoms with Crippen molar-refractivity contribution in [3.63, 3.8) is 0 Å². The van der Waals surface area contributed by atoms with Crippen LogP contribution in [0.15, 0.2) is 53.2 Å². The molecule has 4 aromatic rings. The summed E-state index contributed by atoms with van der Waals surface area (Å²) in [5.74, 6) is 0.0928. The van der Waals surface area contributed by atoms with Crippen molar-refractivity contribution in [3.05, 3.63) is 71.0 Å². The second-order valence-electron chi connectivity index (χ2n) is 6.83. The van der Waals surface area contributed by atoms with Crippen LogP contribution in [0.5, 0.6) is 5.75 Å². The number of rotatable bonds is 3. The number of nitrogens with zero attached hydrogens (tertiary/aromatic N) is 2. The number of benzene rings is 2. The van der Waals surface area contributed by atoms with Gasteiger partial charge in [0.1, 0.15) is 11.3 Å². The van der Waals surface area contributed by atoms with E-state index < -0.39 is 0 Å². The molecule has 0 saturated carbocycles. The number of anilines is 1. The predicted molar refractivity (Wildman–Crippen MR) is 108 cm³/mol. The number of oxazole rings is 1. The van der Waals surface area contributed by atoms with E-state index in [9.17, 15) is 9.90 Å². The van der Waals surface area contributed by atoms with Gasteiger partial charge < -0.3 is 14.8 Å². The molecule has 6 heteroatoms. The number of aryl methyl sites for hydroxylation is 3. The number of hydrogen-bond acceptors (Lipinski definition) is 5. The molecule has 0 aliphatic carbocycles. The first-order chi connectivity index (χ1) is 13.4. The zero-order chi connectivity index (χ0) is 19.8. The average molecular weight is 373 g/mol. The molecular weight excluding hydrogens is 354 g/mol. The van der Waals surface area contributed by atoms with Crippen LogP contribution >= 0.6 is 0 Å². The average Bonchev–Trinajstić information content (AvgIpc) is 3.09. The van der Waals surface area contributed by atoms with Crippen molar-refractivity contribution in [1.29, 1.82) is 0 Å². The third kappa shape index (κ3) is 3.20.